The molecule has 0 unspecified atom stereocenters. The molecule has 21 heavy (non-hydrogen) atoms. The summed E-state index contributed by atoms with van der Waals surface area (Å²) in [7, 11) is 3.97. The van der Waals surface area contributed by atoms with Crippen LogP contribution in [0.4, 0.5) is 5.95 Å². The first kappa shape index (κ1) is 16.3. The van der Waals surface area contributed by atoms with E-state index >= 15 is 0 Å². The monoisotopic (exact) mass is 294 g/mol. The summed E-state index contributed by atoms with van der Waals surface area (Å²) in [5, 5.41) is 3.52. The molecule has 1 aliphatic heterocycles. The highest BCUT2D eigenvalue weighted by atomic mass is 16.5. The van der Waals surface area contributed by atoms with E-state index in [9.17, 15) is 0 Å². The fourth-order valence-electron chi connectivity index (χ4n) is 2.98. The Morgan fingerprint density at radius 2 is 2.14 bits per heavy atom. The molecule has 0 amide bonds. The van der Waals surface area contributed by atoms with Gasteiger partial charge in [-0.3, -0.25) is 0 Å². The van der Waals surface area contributed by atoms with Crippen LogP contribution < -0.4 is 5.32 Å². The number of imidazole rings is 1. The van der Waals surface area contributed by atoms with Crippen molar-refractivity contribution in [2.24, 2.45) is 5.92 Å². The summed E-state index contributed by atoms with van der Waals surface area (Å²) >= 11 is 0. The zero-order chi connectivity index (χ0) is 15.1. The van der Waals surface area contributed by atoms with Gasteiger partial charge in [0.1, 0.15) is 0 Å². The van der Waals surface area contributed by atoms with Gasteiger partial charge >= 0.3 is 0 Å². The van der Waals surface area contributed by atoms with E-state index in [1.54, 1.807) is 7.11 Å². The third-order valence-corrected chi connectivity index (χ3v) is 4.32. The van der Waals surface area contributed by atoms with E-state index in [0.717, 1.165) is 43.7 Å². The molecule has 1 N–H and O–H groups in total. The number of piperidine rings is 1. The van der Waals surface area contributed by atoms with Crippen molar-refractivity contribution >= 4 is 5.95 Å². The van der Waals surface area contributed by atoms with E-state index in [2.05, 4.69) is 39.9 Å². The summed E-state index contributed by atoms with van der Waals surface area (Å²) in [5.74, 6) is 1.88. The molecule has 5 heteroatoms. The van der Waals surface area contributed by atoms with Crippen molar-refractivity contribution in [3.8, 4) is 0 Å². The number of aryl methyl sites for hydroxylation is 2. The van der Waals surface area contributed by atoms with E-state index in [-0.39, 0.29) is 0 Å². The highest BCUT2D eigenvalue weighted by Crippen LogP contribution is 2.19. The largest absolute Gasteiger partial charge is 0.385 e. The molecule has 1 aliphatic rings. The standard InChI is InChI=1S/C16H30N4O/c1-14-13-20(9-4-12-21-3)16(18-14)17-8-5-15-6-10-19(2)11-7-15/h13,15H,4-12H2,1-3H3,(H,17,18). The van der Waals surface area contributed by atoms with Crippen LogP contribution in [0.1, 0.15) is 31.4 Å². The second-order valence-corrected chi connectivity index (χ2v) is 6.21. The van der Waals surface area contributed by atoms with Gasteiger partial charge in [0.25, 0.3) is 0 Å². The van der Waals surface area contributed by atoms with Gasteiger partial charge in [-0.2, -0.15) is 0 Å². The highest BCUT2D eigenvalue weighted by Gasteiger charge is 2.16. The Balaban J connectivity index is 1.74. The van der Waals surface area contributed by atoms with Gasteiger partial charge in [-0.25, -0.2) is 4.98 Å². The van der Waals surface area contributed by atoms with Crippen LogP contribution in [0, 0.1) is 12.8 Å². The van der Waals surface area contributed by atoms with Crippen LogP contribution in [-0.2, 0) is 11.3 Å². The maximum atomic E-state index is 5.12. The summed E-state index contributed by atoms with van der Waals surface area (Å²) in [6.07, 6.45) is 7.06. The molecule has 0 radical (unpaired) electrons. The lowest BCUT2D eigenvalue weighted by Crippen LogP contribution is -2.31. The summed E-state index contributed by atoms with van der Waals surface area (Å²) in [5.41, 5.74) is 1.08. The maximum Gasteiger partial charge on any atom is 0.203 e. The number of nitrogens with zero attached hydrogens (tertiary/aromatic N) is 3. The molecule has 2 rings (SSSR count). The second kappa shape index (κ2) is 8.39. The Bertz CT molecular complexity index is 410. The normalized spacial score (nSPS) is 17.3. The predicted molar refractivity (Wildman–Crippen MR) is 86.8 cm³/mol. The van der Waals surface area contributed by atoms with Gasteiger partial charge in [0.2, 0.25) is 5.95 Å². The molecular weight excluding hydrogens is 264 g/mol. The Hall–Kier alpha value is -1.07. The van der Waals surface area contributed by atoms with E-state index in [0.29, 0.717) is 0 Å². The summed E-state index contributed by atoms with van der Waals surface area (Å²) < 4.78 is 7.33. The van der Waals surface area contributed by atoms with Gasteiger partial charge < -0.3 is 19.5 Å². The van der Waals surface area contributed by atoms with Crippen molar-refractivity contribution in [3.05, 3.63) is 11.9 Å². The van der Waals surface area contributed by atoms with Crippen LogP contribution in [0.2, 0.25) is 0 Å². The number of methoxy groups -OCH3 is 1. The molecular formula is C16H30N4O. The number of hydrogen-bond acceptors (Lipinski definition) is 4. The number of aromatic nitrogens is 2. The zero-order valence-corrected chi connectivity index (χ0v) is 13.8. The SMILES string of the molecule is COCCCn1cc(C)nc1NCCC1CCN(C)CC1. The minimum Gasteiger partial charge on any atom is -0.385 e. The fourth-order valence-corrected chi connectivity index (χ4v) is 2.98. The molecule has 0 aromatic carbocycles. The molecule has 5 nitrogen and oxygen atoms in total. The molecule has 1 aromatic heterocycles. The lowest BCUT2D eigenvalue weighted by molar-refractivity contribution is 0.190. The van der Waals surface area contributed by atoms with Crippen LogP contribution in [0.15, 0.2) is 6.20 Å². The summed E-state index contributed by atoms with van der Waals surface area (Å²) in [4.78, 5) is 7.01. The van der Waals surface area contributed by atoms with E-state index < -0.39 is 0 Å². The highest BCUT2D eigenvalue weighted by molar-refractivity contribution is 5.28. The third kappa shape index (κ3) is 5.32. The van der Waals surface area contributed by atoms with Crippen LogP contribution in [0.5, 0.6) is 0 Å². The number of hydrogen-bond donors (Lipinski definition) is 1. The molecule has 0 saturated carbocycles. The Kier molecular flexibility index (Phi) is 6.51. The first-order chi connectivity index (χ1) is 10.2. The van der Waals surface area contributed by atoms with Crippen molar-refractivity contribution in [3.63, 3.8) is 0 Å². The number of rotatable bonds is 8. The lowest BCUT2D eigenvalue weighted by Gasteiger charge is -2.28. The summed E-state index contributed by atoms with van der Waals surface area (Å²) in [6.45, 7) is 7.33. The van der Waals surface area contributed by atoms with E-state index in [4.69, 9.17) is 4.74 Å². The minimum absolute atomic E-state index is 0.798. The van der Waals surface area contributed by atoms with Crippen LogP contribution >= 0.6 is 0 Å². The van der Waals surface area contributed by atoms with Gasteiger partial charge in [0.05, 0.1) is 5.69 Å². The quantitative estimate of drug-likeness (QED) is 0.748. The van der Waals surface area contributed by atoms with Crippen LogP contribution in [0.25, 0.3) is 0 Å². The maximum absolute atomic E-state index is 5.12. The van der Waals surface area contributed by atoms with E-state index in [1.165, 1.54) is 32.4 Å². The van der Waals surface area contributed by atoms with Crippen molar-refractivity contribution in [1.82, 2.24) is 14.5 Å². The summed E-state index contributed by atoms with van der Waals surface area (Å²) in [6, 6.07) is 0. The molecule has 0 aliphatic carbocycles. The van der Waals surface area contributed by atoms with Crippen molar-refractivity contribution in [1.29, 1.82) is 0 Å². The smallest absolute Gasteiger partial charge is 0.203 e. The molecule has 0 bridgehead atoms. The molecule has 120 valence electrons. The first-order valence-electron chi connectivity index (χ1n) is 8.14. The first-order valence-corrected chi connectivity index (χ1v) is 8.14. The van der Waals surface area contributed by atoms with Gasteiger partial charge in [-0.15, -0.1) is 0 Å². The predicted octanol–water partition coefficient (Wildman–Crippen LogP) is 2.37. The molecule has 0 atom stereocenters. The molecule has 2 heterocycles. The van der Waals surface area contributed by atoms with Gasteiger partial charge in [-0.05, 0) is 58.7 Å². The lowest BCUT2D eigenvalue weighted by atomic mass is 9.94. The van der Waals surface area contributed by atoms with Gasteiger partial charge in [0.15, 0.2) is 0 Å². The molecule has 1 aromatic rings. The topological polar surface area (TPSA) is 42.3 Å². The third-order valence-electron chi connectivity index (χ3n) is 4.32. The average molecular weight is 294 g/mol. The van der Waals surface area contributed by atoms with Gasteiger partial charge in [0, 0.05) is 33.0 Å². The number of ether oxygens (including phenoxy) is 1. The second-order valence-electron chi connectivity index (χ2n) is 6.21. The Morgan fingerprint density at radius 1 is 1.38 bits per heavy atom. The number of likely N-dealkylation sites (tertiary alicyclic amines) is 1. The Morgan fingerprint density at radius 3 is 2.86 bits per heavy atom. The minimum atomic E-state index is 0.798. The van der Waals surface area contributed by atoms with E-state index in [1.807, 2.05) is 0 Å². The Labute approximate surface area is 128 Å². The van der Waals surface area contributed by atoms with Crippen LogP contribution in [0.3, 0.4) is 0 Å². The van der Waals surface area contributed by atoms with Crippen molar-refractivity contribution < 1.29 is 4.74 Å². The molecule has 0 spiro atoms. The fraction of sp³-hybridized carbons (Fsp3) is 0.812. The zero-order valence-electron chi connectivity index (χ0n) is 13.8. The number of nitrogens with one attached hydrogen (secondary N) is 1. The van der Waals surface area contributed by atoms with Crippen molar-refractivity contribution in [2.75, 3.05) is 45.7 Å². The average Bonchev–Trinajstić information content (AvgIpc) is 2.82. The molecule has 1 fully saturated rings. The van der Waals surface area contributed by atoms with Gasteiger partial charge in [-0.1, -0.05) is 0 Å². The number of anilines is 1. The van der Waals surface area contributed by atoms with Crippen molar-refractivity contribution in [2.45, 2.75) is 39.2 Å². The van der Waals surface area contributed by atoms with Crippen LogP contribution in [-0.4, -0.2) is 54.8 Å². The molecule has 1 saturated heterocycles.